The highest BCUT2D eigenvalue weighted by Gasteiger charge is 2.25. The summed E-state index contributed by atoms with van der Waals surface area (Å²) in [4.78, 5) is 2.36. The van der Waals surface area contributed by atoms with E-state index in [1.807, 2.05) is 12.1 Å². The lowest BCUT2D eigenvalue weighted by Crippen LogP contribution is -2.56. The highest BCUT2D eigenvalue weighted by Crippen LogP contribution is 2.18. The Balaban J connectivity index is 1.92. The van der Waals surface area contributed by atoms with Gasteiger partial charge in [0.25, 0.3) is 0 Å². The Hall–Kier alpha value is -1.20. The molecule has 3 nitrogen and oxygen atoms in total. The number of hydrogen-bond donors (Lipinski definition) is 1. The van der Waals surface area contributed by atoms with Gasteiger partial charge in [0, 0.05) is 31.7 Å². The number of alkyl halides is 2. The molecule has 0 amide bonds. The van der Waals surface area contributed by atoms with E-state index >= 15 is 0 Å². The SMILES string of the molecule is CC1(C)CN(Cc2ccc(OC(F)F)cc2)CCN1. The average molecular weight is 270 g/mol. The van der Waals surface area contributed by atoms with Gasteiger partial charge in [0.1, 0.15) is 5.75 Å². The number of rotatable bonds is 4. The number of hydrogen-bond acceptors (Lipinski definition) is 3. The van der Waals surface area contributed by atoms with E-state index in [0.29, 0.717) is 0 Å². The van der Waals surface area contributed by atoms with Crippen LogP contribution in [-0.2, 0) is 6.54 Å². The largest absolute Gasteiger partial charge is 0.435 e. The van der Waals surface area contributed by atoms with Gasteiger partial charge in [-0.1, -0.05) is 12.1 Å². The molecule has 0 bridgehead atoms. The summed E-state index contributed by atoms with van der Waals surface area (Å²) < 4.78 is 28.4. The van der Waals surface area contributed by atoms with Crippen LogP contribution in [0.15, 0.2) is 24.3 Å². The summed E-state index contributed by atoms with van der Waals surface area (Å²) in [6.45, 7) is 5.37. The van der Waals surface area contributed by atoms with Gasteiger partial charge in [-0.15, -0.1) is 0 Å². The summed E-state index contributed by atoms with van der Waals surface area (Å²) in [5.74, 6) is 0.208. The average Bonchev–Trinajstić information content (AvgIpc) is 2.30. The van der Waals surface area contributed by atoms with Crippen molar-refractivity contribution in [2.24, 2.45) is 0 Å². The Morgan fingerprint density at radius 1 is 1.32 bits per heavy atom. The summed E-state index contributed by atoms with van der Waals surface area (Å²) in [7, 11) is 0. The van der Waals surface area contributed by atoms with Crippen molar-refractivity contribution >= 4 is 0 Å². The maximum atomic E-state index is 12.0. The molecular weight excluding hydrogens is 250 g/mol. The molecule has 1 aromatic rings. The lowest BCUT2D eigenvalue weighted by atomic mass is 10.0. The van der Waals surface area contributed by atoms with Crippen LogP contribution in [0, 0.1) is 0 Å². The zero-order valence-electron chi connectivity index (χ0n) is 11.3. The van der Waals surface area contributed by atoms with Gasteiger partial charge in [-0.05, 0) is 31.5 Å². The molecule has 1 heterocycles. The molecule has 0 spiro atoms. The van der Waals surface area contributed by atoms with Crippen molar-refractivity contribution in [3.05, 3.63) is 29.8 Å². The topological polar surface area (TPSA) is 24.5 Å². The number of ether oxygens (including phenoxy) is 1. The number of halogens is 2. The Labute approximate surface area is 112 Å². The van der Waals surface area contributed by atoms with Crippen molar-refractivity contribution in [2.45, 2.75) is 32.5 Å². The minimum absolute atomic E-state index is 0.122. The first kappa shape index (κ1) is 14.2. The Bertz CT molecular complexity index is 406. The van der Waals surface area contributed by atoms with Gasteiger partial charge < -0.3 is 10.1 Å². The van der Waals surface area contributed by atoms with Crippen molar-refractivity contribution in [1.29, 1.82) is 0 Å². The predicted molar refractivity (Wildman–Crippen MR) is 70.4 cm³/mol. The number of nitrogens with zero attached hydrogens (tertiary/aromatic N) is 1. The van der Waals surface area contributed by atoms with Gasteiger partial charge in [-0.3, -0.25) is 4.90 Å². The summed E-state index contributed by atoms with van der Waals surface area (Å²) in [6, 6.07) is 6.86. The van der Waals surface area contributed by atoms with Crippen LogP contribution in [0.1, 0.15) is 19.4 Å². The first-order chi connectivity index (χ1) is 8.94. The third-order valence-electron chi connectivity index (χ3n) is 3.21. The Morgan fingerprint density at radius 3 is 2.58 bits per heavy atom. The van der Waals surface area contributed by atoms with Crippen molar-refractivity contribution in [1.82, 2.24) is 10.2 Å². The van der Waals surface area contributed by atoms with Crippen molar-refractivity contribution in [3.8, 4) is 5.75 Å². The highest BCUT2D eigenvalue weighted by atomic mass is 19.3. The second-order valence-corrected chi connectivity index (χ2v) is 5.54. The van der Waals surface area contributed by atoms with Gasteiger partial charge >= 0.3 is 6.61 Å². The van der Waals surface area contributed by atoms with Gasteiger partial charge in [-0.25, -0.2) is 0 Å². The second kappa shape index (κ2) is 5.84. The molecule has 0 saturated carbocycles. The molecule has 0 unspecified atom stereocenters. The van der Waals surface area contributed by atoms with E-state index in [2.05, 4.69) is 28.8 Å². The highest BCUT2D eigenvalue weighted by molar-refractivity contribution is 5.27. The van der Waals surface area contributed by atoms with Crippen molar-refractivity contribution in [2.75, 3.05) is 19.6 Å². The zero-order chi connectivity index (χ0) is 13.9. The minimum Gasteiger partial charge on any atom is -0.435 e. The van der Waals surface area contributed by atoms with Gasteiger partial charge in [0.2, 0.25) is 0 Å². The summed E-state index contributed by atoms with van der Waals surface area (Å²) in [5, 5.41) is 3.46. The van der Waals surface area contributed by atoms with Crippen LogP contribution in [-0.4, -0.2) is 36.7 Å². The lowest BCUT2D eigenvalue weighted by molar-refractivity contribution is -0.0498. The molecule has 0 aliphatic carbocycles. The van der Waals surface area contributed by atoms with Crippen LogP contribution in [0.5, 0.6) is 5.75 Å². The Kier molecular flexibility index (Phi) is 4.37. The van der Waals surface area contributed by atoms with Crippen LogP contribution in [0.2, 0.25) is 0 Å². The molecule has 5 heteroatoms. The standard InChI is InChI=1S/C14H20F2N2O/c1-14(2)10-18(8-7-17-14)9-11-3-5-12(6-4-11)19-13(15)16/h3-6,13,17H,7-10H2,1-2H3. The lowest BCUT2D eigenvalue weighted by Gasteiger charge is -2.39. The summed E-state index contributed by atoms with van der Waals surface area (Å²) in [6.07, 6.45) is 0. The molecule has 0 atom stereocenters. The molecule has 1 N–H and O–H groups in total. The first-order valence-electron chi connectivity index (χ1n) is 6.46. The maximum Gasteiger partial charge on any atom is 0.387 e. The molecule has 1 aliphatic heterocycles. The molecule has 1 fully saturated rings. The molecular formula is C14H20F2N2O. The van der Waals surface area contributed by atoms with E-state index in [9.17, 15) is 8.78 Å². The monoisotopic (exact) mass is 270 g/mol. The third-order valence-corrected chi connectivity index (χ3v) is 3.21. The second-order valence-electron chi connectivity index (χ2n) is 5.54. The van der Waals surface area contributed by atoms with Crippen LogP contribution in [0.4, 0.5) is 8.78 Å². The quantitative estimate of drug-likeness (QED) is 0.909. The smallest absolute Gasteiger partial charge is 0.387 e. The van der Waals surface area contributed by atoms with Gasteiger partial charge in [0.05, 0.1) is 0 Å². The van der Waals surface area contributed by atoms with E-state index in [4.69, 9.17) is 0 Å². The molecule has 19 heavy (non-hydrogen) atoms. The molecule has 2 rings (SSSR count). The minimum atomic E-state index is -2.76. The van der Waals surface area contributed by atoms with Crippen LogP contribution < -0.4 is 10.1 Å². The van der Waals surface area contributed by atoms with E-state index in [1.165, 1.54) is 0 Å². The van der Waals surface area contributed by atoms with E-state index in [1.54, 1.807) is 12.1 Å². The van der Waals surface area contributed by atoms with E-state index < -0.39 is 6.61 Å². The van der Waals surface area contributed by atoms with Crippen molar-refractivity contribution < 1.29 is 13.5 Å². The van der Waals surface area contributed by atoms with Gasteiger partial charge in [0.15, 0.2) is 0 Å². The normalized spacial score (nSPS) is 19.6. The molecule has 1 saturated heterocycles. The molecule has 0 aromatic heterocycles. The molecule has 0 radical (unpaired) electrons. The van der Waals surface area contributed by atoms with E-state index in [-0.39, 0.29) is 11.3 Å². The predicted octanol–water partition coefficient (Wildman–Crippen LogP) is 2.47. The van der Waals surface area contributed by atoms with Crippen LogP contribution in [0.3, 0.4) is 0 Å². The van der Waals surface area contributed by atoms with Crippen molar-refractivity contribution in [3.63, 3.8) is 0 Å². The van der Waals surface area contributed by atoms with Crippen LogP contribution >= 0.6 is 0 Å². The van der Waals surface area contributed by atoms with Crippen LogP contribution in [0.25, 0.3) is 0 Å². The molecule has 106 valence electrons. The number of benzene rings is 1. The third kappa shape index (κ3) is 4.44. The van der Waals surface area contributed by atoms with E-state index in [0.717, 1.165) is 31.7 Å². The maximum absolute atomic E-state index is 12.0. The summed E-state index contributed by atoms with van der Waals surface area (Å²) >= 11 is 0. The molecule has 1 aromatic carbocycles. The fourth-order valence-electron chi connectivity index (χ4n) is 2.42. The molecule has 1 aliphatic rings. The fourth-order valence-corrected chi connectivity index (χ4v) is 2.42. The zero-order valence-corrected chi connectivity index (χ0v) is 11.3. The summed E-state index contributed by atoms with van der Waals surface area (Å²) in [5.41, 5.74) is 1.23. The number of piperazine rings is 1. The Morgan fingerprint density at radius 2 is 2.00 bits per heavy atom. The number of nitrogens with one attached hydrogen (secondary N) is 1. The van der Waals surface area contributed by atoms with Gasteiger partial charge in [-0.2, -0.15) is 8.78 Å². The first-order valence-corrected chi connectivity index (χ1v) is 6.46. The fraction of sp³-hybridized carbons (Fsp3) is 0.571.